The highest BCUT2D eigenvalue weighted by Crippen LogP contribution is 2.29. The summed E-state index contributed by atoms with van der Waals surface area (Å²) in [5.41, 5.74) is 4.40. The molecule has 1 heterocycles. The first-order valence-corrected chi connectivity index (χ1v) is 10.6. The zero-order valence-corrected chi connectivity index (χ0v) is 16.5. The topological polar surface area (TPSA) is 71.1 Å². The Labute approximate surface area is 165 Å². The van der Waals surface area contributed by atoms with Gasteiger partial charge in [-0.1, -0.05) is 17.4 Å². The normalized spacial score (nSPS) is 12.8. The van der Waals surface area contributed by atoms with Crippen LogP contribution in [0.25, 0.3) is 10.2 Å². The lowest BCUT2D eigenvalue weighted by molar-refractivity contribution is -0.114. The van der Waals surface area contributed by atoms with Gasteiger partial charge in [-0.25, -0.2) is 4.98 Å². The van der Waals surface area contributed by atoms with Crippen LogP contribution in [0.4, 0.5) is 10.8 Å². The second kappa shape index (κ2) is 7.70. The quantitative estimate of drug-likeness (QED) is 0.623. The van der Waals surface area contributed by atoms with Crippen LogP contribution < -0.4 is 10.6 Å². The minimum atomic E-state index is -0.147. The molecule has 5 nitrogen and oxygen atoms in total. The van der Waals surface area contributed by atoms with Gasteiger partial charge in [-0.2, -0.15) is 0 Å². The average Bonchev–Trinajstić information content (AvgIpc) is 3.24. The molecule has 3 aromatic rings. The Bertz CT molecular complexity index is 1030. The van der Waals surface area contributed by atoms with Gasteiger partial charge in [-0.05, 0) is 60.7 Å². The van der Waals surface area contributed by atoms with E-state index < -0.39 is 0 Å². The molecular formula is C20H19N3O2S2. The van der Waals surface area contributed by atoms with E-state index in [2.05, 4.69) is 33.8 Å². The van der Waals surface area contributed by atoms with Gasteiger partial charge in [0.15, 0.2) is 5.13 Å². The van der Waals surface area contributed by atoms with E-state index in [4.69, 9.17) is 0 Å². The van der Waals surface area contributed by atoms with Crippen LogP contribution in [-0.2, 0) is 22.4 Å². The van der Waals surface area contributed by atoms with Crippen molar-refractivity contribution in [3.63, 3.8) is 0 Å². The monoisotopic (exact) mass is 397 g/mol. The third-order valence-corrected chi connectivity index (χ3v) is 6.32. The van der Waals surface area contributed by atoms with Crippen molar-refractivity contribution in [1.29, 1.82) is 0 Å². The molecular weight excluding hydrogens is 378 g/mol. The fourth-order valence-corrected chi connectivity index (χ4v) is 4.90. The van der Waals surface area contributed by atoms with Crippen LogP contribution in [0.3, 0.4) is 0 Å². The number of thioether (sulfide) groups is 1. The summed E-state index contributed by atoms with van der Waals surface area (Å²) in [6, 6.07) is 12.1. The summed E-state index contributed by atoms with van der Waals surface area (Å²) < 4.78 is 0.919. The summed E-state index contributed by atoms with van der Waals surface area (Å²) in [6.45, 7) is 1.45. The SMILES string of the molecule is CC(=O)Nc1nc2ccc(NC(=O)CSc3ccc4c(c3)CCC4)cc2s1. The average molecular weight is 398 g/mol. The largest absolute Gasteiger partial charge is 0.325 e. The van der Waals surface area contributed by atoms with Crippen LogP contribution in [0.2, 0.25) is 0 Å². The van der Waals surface area contributed by atoms with Gasteiger partial charge in [-0.15, -0.1) is 11.8 Å². The van der Waals surface area contributed by atoms with Crippen molar-refractivity contribution in [2.24, 2.45) is 0 Å². The summed E-state index contributed by atoms with van der Waals surface area (Å²) in [6.07, 6.45) is 3.55. The molecule has 1 aliphatic carbocycles. The predicted octanol–water partition coefficient (Wildman–Crippen LogP) is 4.47. The molecule has 7 heteroatoms. The third-order valence-electron chi connectivity index (χ3n) is 4.40. The number of fused-ring (bicyclic) bond motifs is 2. The number of aryl methyl sites for hydroxylation is 2. The predicted molar refractivity (Wildman–Crippen MR) is 112 cm³/mol. The van der Waals surface area contributed by atoms with Crippen LogP contribution in [-0.4, -0.2) is 22.6 Å². The molecule has 2 amide bonds. The van der Waals surface area contributed by atoms with Crippen molar-refractivity contribution in [3.05, 3.63) is 47.5 Å². The number of carbonyl (C=O) groups excluding carboxylic acids is 2. The molecule has 0 bridgehead atoms. The van der Waals surface area contributed by atoms with E-state index in [0.717, 1.165) is 27.2 Å². The molecule has 0 unspecified atom stereocenters. The highest BCUT2D eigenvalue weighted by molar-refractivity contribution is 8.00. The molecule has 1 aliphatic rings. The minimum Gasteiger partial charge on any atom is -0.325 e. The van der Waals surface area contributed by atoms with Gasteiger partial charge in [0.05, 0.1) is 16.0 Å². The van der Waals surface area contributed by atoms with E-state index >= 15 is 0 Å². The lowest BCUT2D eigenvalue weighted by Crippen LogP contribution is -2.13. The first-order valence-electron chi connectivity index (χ1n) is 8.79. The van der Waals surface area contributed by atoms with Crippen LogP contribution in [0, 0.1) is 0 Å². The Balaban J connectivity index is 1.38. The van der Waals surface area contributed by atoms with Crippen LogP contribution in [0.15, 0.2) is 41.3 Å². The van der Waals surface area contributed by atoms with Gasteiger partial charge < -0.3 is 10.6 Å². The van der Waals surface area contributed by atoms with Gasteiger partial charge >= 0.3 is 0 Å². The molecule has 0 fully saturated rings. The smallest absolute Gasteiger partial charge is 0.234 e. The molecule has 1 aromatic heterocycles. The maximum atomic E-state index is 12.3. The van der Waals surface area contributed by atoms with Crippen molar-refractivity contribution >= 4 is 55.9 Å². The first-order chi connectivity index (χ1) is 13.1. The number of nitrogens with one attached hydrogen (secondary N) is 2. The second-order valence-electron chi connectivity index (χ2n) is 6.50. The minimum absolute atomic E-state index is 0.0357. The van der Waals surface area contributed by atoms with E-state index in [1.165, 1.54) is 42.2 Å². The maximum absolute atomic E-state index is 12.3. The molecule has 0 saturated carbocycles. The lowest BCUT2D eigenvalue weighted by atomic mass is 10.1. The third kappa shape index (κ3) is 4.31. The Kier molecular flexibility index (Phi) is 5.13. The number of nitrogens with zero attached hydrogens (tertiary/aromatic N) is 1. The molecule has 0 radical (unpaired) electrons. The number of rotatable bonds is 5. The molecule has 0 atom stereocenters. The van der Waals surface area contributed by atoms with Crippen molar-refractivity contribution in [3.8, 4) is 0 Å². The van der Waals surface area contributed by atoms with Gasteiger partial charge in [0.2, 0.25) is 11.8 Å². The summed E-state index contributed by atoms with van der Waals surface area (Å²) in [4.78, 5) is 28.9. The Morgan fingerprint density at radius 2 is 1.96 bits per heavy atom. The molecule has 0 saturated heterocycles. The van der Waals surface area contributed by atoms with Crippen LogP contribution in [0.1, 0.15) is 24.5 Å². The van der Waals surface area contributed by atoms with E-state index in [1.54, 1.807) is 11.8 Å². The Morgan fingerprint density at radius 1 is 1.11 bits per heavy atom. The number of benzene rings is 2. The molecule has 0 spiro atoms. The van der Waals surface area contributed by atoms with Crippen LogP contribution in [0.5, 0.6) is 0 Å². The highest BCUT2D eigenvalue weighted by Gasteiger charge is 2.12. The maximum Gasteiger partial charge on any atom is 0.234 e. The lowest BCUT2D eigenvalue weighted by Gasteiger charge is -2.06. The summed E-state index contributed by atoms with van der Waals surface area (Å²) in [5.74, 6) is 0.189. The molecule has 2 aromatic carbocycles. The van der Waals surface area contributed by atoms with Gasteiger partial charge in [0.25, 0.3) is 0 Å². The number of aromatic nitrogens is 1. The molecule has 0 aliphatic heterocycles. The standard InChI is InChI=1S/C20H19N3O2S2/c1-12(24)21-20-23-17-8-6-15(10-18(17)27-20)22-19(25)11-26-16-7-5-13-3-2-4-14(13)9-16/h5-10H,2-4,11H2,1H3,(H,22,25)(H,21,23,24). The number of anilines is 2. The number of carbonyl (C=O) groups is 2. The Morgan fingerprint density at radius 3 is 2.81 bits per heavy atom. The van der Waals surface area contributed by atoms with Crippen LogP contribution >= 0.6 is 23.1 Å². The Hall–Kier alpha value is -2.38. The molecule has 138 valence electrons. The van der Waals surface area contributed by atoms with Gasteiger partial charge in [0.1, 0.15) is 0 Å². The van der Waals surface area contributed by atoms with E-state index in [9.17, 15) is 9.59 Å². The van der Waals surface area contributed by atoms with Crippen molar-refractivity contribution in [2.45, 2.75) is 31.1 Å². The fraction of sp³-hybridized carbons (Fsp3) is 0.250. The fourth-order valence-electron chi connectivity index (χ4n) is 3.19. The zero-order chi connectivity index (χ0) is 18.8. The summed E-state index contributed by atoms with van der Waals surface area (Å²) in [5, 5.41) is 6.19. The van der Waals surface area contributed by atoms with E-state index in [1.807, 2.05) is 18.2 Å². The number of amides is 2. The highest BCUT2D eigenvalue weighted by atomic mass is 32.2. The van der Waals surface area contributed by atoms with Crippen molar-refractivity contribution in [2.75, 3.05) is 16.4 Å². The molecule has 27 heavy (non-hydrogen) atoms. The number of hydrogen-bond acceptors (Lipinski definition) is 5. The van der Waals surface area contributed by atoms with Crippen molar-refractivity contribution < 1.29 is 9.59 Å². The number of hydrogen-bond donors (Lipinski definition) is 2. The molecule has 4 rings (SSSR count). The summed E-state index contributed by atoms with van der Waals surface area (Å²) >= 11 is 2.95. The van der Waals surface area contributed by atoms with E-state index in [0.29, 0.717) is 10.9 Å². The number of thiazole rings is 1. The zero-order valence-electron chi connectivity index (χ0n) is 14.9. The molecule has 2 N–H and O–H groups in total. The van der Waals surface area contributed by atoms with Gasteiger partial charge in [-0.3, -0.25) is 9.59 Å². The van der Waals surface area contributed by atoms with Gasteiger partial charge in [0, 0.05) is 17.5 Å². The van der Waals surface area contributed by atoms with E-state index in [-0.39, 0.29) is 11.8 Å². The summed E-state index contributed by atoms with van der Waals surface area (Å²) in [7, 11) is 0. The first kappa shape index (κ1) is 18.0. The van der Waals surface area contributed by atoms with Crippen molar-refractivity contribution in [1.82, 2.24) is 4.98 Å². The second-order valence-corrected chi connectivity index (χ2v) is 8.58.